The molecule has 1 saturated carbocycles. The highest BCUT2D eigenvalue weighted by molar-refractivity contribution is 5.70. The highest BCUT2D eigenvalue weighted by Gasteiger charge is 2.24. The summed E-state index contributed by atoms with van der Waals surface area (Å²) >= 11 is 0. The number of hydrogen-bond acceptors (Lipinski definition) is 2. The Morgan fingerprint density at radius 3 is 2.42 bits per heavy atom. The number of carboxylic acid groups (broad SMARTS) is 1. The average Bonchev–Trinajstić information content (AvgIpc) is 1.94. The van der Waals surface area contributed by atoms with Gasteiger partial charge in [-0.3, -0.25) is 4.79 Å². The molecule has 0 amide bonds. The molecule has 0 aliphatic heterocycles. The van der Waals surface area contributed by atoms with E-state index in [4.69, 9.17) is 5.11 Å². The molecule has 0 aromatic carbocycles. The third-order valence-corrected chi connectivity index (χ3v) is 2.74. The fourth-order valence-corrected chi connectivity index (χ4v) is 1.30. The van der Waals surface area contributed by atoms with E-state index in [-0.39, 0.29) is 12.0 Å². The van der Waals surface area contributed by atoms with Gasteiger partial charge in [-0.05, 0) is 19.8 Å². The van der Waals surface area contributed by atoms with Crippen LogP contribution in [0.2, 0.25) is 0 Å². The maximum Gasteiger partial charge on any atom is 0.307 e. The molecule has 0 heterocycles. The smallest absolute Gasteiger partial charge is 0.307 e. The van der Waals surface area contributed by atoms with Crippen molar-refractivity contribution in [3.8, 4) is 0 Å². The Morgan fingerprint density at radius 2 is 2.08 bits per heavy atom. The Balaban J connectivity index is 2.25. The van der Waals surface area contributed by atoms with E-state index in [1.165, 1.54) is 19.3 Å². The zero-order valence-electron chi connectivity index (χ0n) is 7.71. The number of rotatable bonds is 4. The lowest BCUT2D eigenvalue weighted by Gasteiger charge is -2.31. The Hall–Kier alpha value is -0.570. The first-order valence-electron chi connectivity index (χ1n) is 4.60. The van der Waals surface area contributed by atoms with E-state index in [1.807, 2.05) is 6.92 Å². The van der Waals surface area contributed by atoms with Crippen LogP contribution in [0.15, 0.2) is 0 Å². The Labute approximate surface area is 73.2 Å². The van der Waals surface area contributed by atoms with Crippen molar-refractivity contribution in [2.45, 2.75) is 45.2 Å². The zero-order chi connectivity index (χ0) is 9.14. The van der Waals surface area contributed by atoms with E-state index in [9.17, 15) is 4.79 Å². The van der Waals surface area contributed by atoms with Crippen molar-refractivity contribution >= 4 is 5.97 Å². The molecule has 2 unspecified atom stereocenters. The number of carbonyl (C=O) groups is 1. The van der Waals surface area contributed by atoms with Gasteiger partial charge >= 0.3 is 5.97 Å². The standard InChI is InChI=1S/C9H17NO2/c1-6(9(11)12)7(2)10-8-4-3-5-8/h6-8,10H,3-5H2,1-2H3,(H,11,12). The van der Waals surface area contributed by atoms with Gasteiger partial charge in [0.15, 0.2) is 0 Å². The lowest BCUT2D eigenvalue weighted by molar-refractivity contribution is -0.142. The molecule has 3 heteroatoms. The van der Waals surface area contributed by atoms with Crippen molar-refractivity contribution in [3.63, 3.8) is 0 Å². The van der Waals surface area contributed by atoms with Crippen LogP contribution >= 0.6 is 0 Å². The molecule has 70 valence electrons. The summed E-state index contributed by atoms with van der Waals surface area (Å²) in [6.45, 7) is 3.69. The zero-order valence-corrected chi connectivity index (χ0v) is 7.71. The van der Waals surface area contributed by atoms with Gasteiger partial charge in [-0.15, -0.1) is 0 Å². The molecule has 0 aromatic heterocycles. The minimum absolute atomic E-state index is 0.0906. The van der Waals surface area contributed by atoms with E-state index in [1.54, 1.807) is 6.92 Å². The SMILES string of the molecule is CC(NC1CCC1)C(C)C(=O)O. The maximum atomic E-state index is 10.6. The molecule has 1 aliphatic rings. The molecular weight excluding hydrogens is 154 g/mol. The molecule has 0 radical (unpaired) electrons. The van der Waals surface area contributed by atoms with Crippen LogP contribution in [-0.2, 0) is 4.79 Å². The summed E-state index contributed by atoms with van der Waals surface area (Å²) in [4.78, 5) is 10.6. The predicted molar refractivity (Wildman–Crippen MR) is 47.0 cm³/mol. The lowest BCUT2D eigenvalue weighted by Crippen LogP contribution is -2.45. The van der Waals surface area contributed by atoms with Gasteiger partial charge < -0.3 is 10.4 Å². The van der Waals surface area contributed by atoms with Crippen LogP contribution < -0.4 is 5.32 Å². The first kappa shape index (κ1) is 9.52. The molecule has 1 aliphatic carbocycles. The summed E-state index contributed by atoms with van der Waals surface area (Å²) in [7, 11) is 0. The lowest BCUT2D eigenvalue weighted by atomic mass is 9.91. The van der Waals surface area contributed by atoms with Gasteiger partial charge in [-0.2, -0.15) is 0 Å². The molecule has 0 bridgehead atoms. The van der Waals surface area contributed by atoms with Crippen molar-refractivity contribution in [1.29, 1.82) is 0 Å². The van der Waals surface area contributed by atoms with Crippen LogP contribution in [0.25, 0.3) is 0 Å². The van der Waals surface area contributed by atoms with E-state index < -0.39 is 5.97 Å². The minimum Gasteiger partial charge on any atom is -0.481 e. The normalized spacial score (nSPS) is 22.8. The molecule has 2 atom stereocenters. The second-order valence-corrected chi connectivity index (χ2v) is 3.71. The molecule has 3 nitrogen and oxygen atoms in total. The maximum absolute atomic E-state index is 10.6. The fourth-order valence-electron chi connectivity index (χ4n) is 1.30. The summed E-state index contributed by atoms with van der Waals surface area (Å²) in [5, 5.41) is 12.0. The third kappa shape index (κ3) is 2.21. The van der Waals surface area contributed by atoms with Gasteiger partial charge in [0.05, 0.1) is 5.92 Å². The van der Waals surface area contributed by atoms with Crippen LogP contribution in [0, 0.1) is 5.92 Å². The number of hydrogen-bond donors (Lipinski definition) is 2. The minimum atomic E-state index is -0.714. The van der Waals surface area contributed by atoms with Gasteiger partial charge in [-0.1, -0.05) is 13.3 Å². The predicted octanol–water partition coefficient (Wildman–Crippen LogP) is 1.24. The summed E-state index contributed by atoms with van der Waals surface area (Å²) in [5.41, 5.74) is 0. The topological polar surface area (TPSA) is 49.3 Å². The first-order chi connectivity index (χ1) is 5.61. The fraction of sp³-hybridized carbons (Fsp3) is 0.889. The van der Waals surface area contributed by atoms with Crippen LogP contribution in [0.4, 0.5) is 0 Å². The molecule has 0 spiro atoms. The molecule has 2 N–H and O–H groups in total. The highest BCUT2D eigenvalue weighted by atomic mass is 16.4. The second kappa shape index (κ2) is 3.90. The Kier molecular flexibility index (Phi) is 3.09. The van der Waals surface area contributed by atoms with Crippen LogP contribution in [0.5, 0.6) is 0 Å². The number of carboxylic acids is 1. The largest absolute Gasteiger partial charge is 0.481 e. The van der Waals surface area contributed by atoms with Gasteiger partial charge in [0.2, 0.25) is 0 Å². The van der Waals surface area contributed by atoms with E-state index >= 15 is 0 Å². The van der Waals surface area contributed by atoms with E-state index in [2.05, 4.69) is 5.32 Å². The molecule has 0 saturated heterocycles. The van der Waals surface area contributed by atoms with Crippen LogP contribution in [0.1, 0.15) is 33.1 Å². The quantitative estimate of drug-likeness (QED) is 0.669. The van der Waals surface area contributed by atoms with E-state index in [0.717, 1.165) is 0 Å². The summed E-state index contributed by atoms with van der Waals surface area (Å²) in [5.74, 6) is -1.00. The Morgan fingerprint density at radius 1 is 1.50 bits per heavy atom. The summed E-state index contributed by atoms with van der Waals surface area (Å²) in [6.07, 6.45) is 3.69. The van der Waals surface area contributed by atoms with Gasteiger partial charge in [0.1, 0.15) is 0 Å². The number of aliphatic carboxylic acids is 1. The average molecular weight is 171 g/mol. The molecular formula is C9H17NO2. The molecule has 1 fully saturated rings. The van der Waals surface area contributed by atoms with Crippen molar-refractivity contribution in [1.82, 2.24) is 5.32 Å². The van der Waals surface area contributed by atoms with Gasteiger partial charge in [0, 0.05) is 12.1 Å². The highest BCUT2D eigenvalue weighted by Crippen LogP contribution is 2.19. The third-order valence-electron chi connectivity index (χ3n) is 2.74. The Bertz CT molecular complexity index is 166. The monoisotopic (exact) mass is 171 g/mol. The van der Waals surface area contributed by atoms with E-state index in [0.29, 0.717) is 6.04 Å². The van der Waals surface area contributed by atoms with Crippen molar-refractivity contribution in [2.24, 2.45) is 5.92 Å². The van der Waals surface area contributed by atoms with Gasteiger partial charge in [0.25, 0.3) is 0 Å². The van der Waals surface area contributed by atoms with Gasteiger partial charge in [-0.25, -0.2) is 0 Å². The summed E-state index contributed by atoms with van der Waals surface area (Å²) < 4.78 is 0. The summed E-state index contributed by atoms with van der Waals surface area (Å²) in [6, 6.07) is 0.662. The first-order valence-corrected chi connectivity index (χ1v) is 4.60. The van der Waals surface area contributed by atoms with Crippen molar-refractivity contribution < 1.29 is 9.90 Å². The van der Waals surface area contributed by atoms with Crippen LogP contribution in [0.3, 0.4) is 0 Å². The second-order valence-electron chi connectivity index (χ2n) is 3.71. The molecule has 1 rings (SSSR count). The molecule has 0 aromatic rings. The van der Waals surface area contributed by atoms with Crippen LogP contribution in [-0.4, -0.2) is 23.2 Å². The van der Waals surface area contributed by atoms with Crippen molar-refractivity contribution in [2.75, 3.05) is 0 Å². The molecule has 12 heavy (non-hydrogen) atoms. The van der Waals surface area contributed by atoms with Crippen molar-refractivity contribution in [3.05, 3.63) is 0 Å². The number of nitrogens with one attached hydrogen (secondary N) is 1.